The van der Waals surface area contributed by atoms with Crippen molar-refractivity contribution in [3.63, 3.8) is 0 Å². The lowest BCUT2D eigenvalue weighted by Gasteiger charge is -2.04. The molecular weight excluding hydrogens is 200 g/mol. The summed E-state index contributed by atoms with van der Waals surface area (Å²) in [6.07, 6.45) is 4.20. The highest BCUT2D eigenvalue weighted by Crippen LogP contribution is 2.20. The lowest BCUT2D eigenvalue weighted by atomic mass is 10.0. The Morgan fingerprint density at radius 3 is 2.47 bits per heavy atom. The molecule has 2 aromatic rings. The fourth-order valence-electron chi connectivity index (χ4n) is 1.73. The van der Waals surface area contributed by atoms with Gasteiger partial charge >= 0.3 is 0 Å². The average Bonchev–Trinajstić information content (AvgIpc) is 2.26. The van der Waals surface area contributed by atoms with E-state index < -0.39 is 0 Å². The van der Waals surface area contributed by atoms with Crippen LogP contribution in [0.15, 0.2) is 42.5 Å². The second kappa shape index (κ2) is 4.54. The Morgan fingerprint density at radius 2 is 1.80 bits per heavy atom. The highest BCUT2D eigenvalue weighted by Gasteiger charge is 1.97. The first-order valence-electron chi connectivity index (χ1n) is 5.08. The van der Waals surface area contributed by atoms with Crippen molar-refractivity contribution in [3.8, 4) is 0 Å². The van der Waals surface area contributed by atoms with E-state index in [-0.39, 0.29) is 0 Å². The first kappa shape index (κ1) is 10.3. The van der Waals surface area contributed by atoms with Gasteiger partial charge in [0, 0.05) is 5.75 Å². The molecule has 0 unspecified atom stereocenters. The molecular formula is C14H14S. The number of fused-ring (bicyclic) bond motifs is 1. The van der Waals surface area contributed by atoms with Gasteiger partial charge in [0.05, 0.1) is 0 Å². The lowest BCUT2D eigenvalue weighted by Crippen LogP contribution is -1.82. The maximum absolute atomic E-state index is 4.17. The van der Waals surface area contributed by atoms with E-state index >= 15 is 0 Å². The van der Waals surface area contributed by atoms with Gasteiger partial charge in [-0.25, -0.2) is 0 Å². The molecule has 0 fully saturated rings. The summed E-state index contributed by atoms with van der Waals surface area (Å²) in [4.78, 5) is 0. The van der Waals surface area contributed by atoms with Crippen LogP contribution in [0.3, 0.4) is 0 Å². The molecule has 0 amide bonds. The fourth-order valence-corrected chi connectivity index (χ4v) is 1.84. The van der Waals surface area contributed by atoms with E-state index in [4.69, 9.17) is 0 Å². The zero-order valence-corrected chi connectivity index (χ0v) is 9.67. The van der Waals surface area contributed by atoms with Crippen LogP contribution in [0.2, 0.25) is 0 Å². The van der Waals surface area contributed by atoms with Gasteiger partial charge in [0.15, 0.2) is 0 Å². The lowest BCUT2D eigenvalue weighted by molar-refractivity contribution is 1.47. The van der Waals surface area contributed by atoms with Crippen LogP contribution in [0.5, 0.6) is 0 Å². The zero-order valence-electron chi connectivity index (χ0n) is 8.77. The molecule has 76 valence electrons. The predicted molar refractivity (Wildman–Crippen MR) is 71.6 cm³/mol. The maximum Gasteiger partial charge on any atom is 0.00858 e. The molecule has 0 saturated carbocycles. The van der Waals surface area contributed by atoms with Crippen LogP contribution in [0.1, 0.15) is 11.1 Å². The van der Waals surface area contributed by atoms with Gasteiger partial charge in [-0.15, -0.1) is 0 Å². The van der Waals surface area contributed by atoms with Gasteiger partial charge in [-0.1, -0.05) is 42.5 Å². The Kier molecular flexibility index (Phi) is 3.12. The van der Waals surface area contributed by atoms with E-state index in [1.165, 1.54) is 21.9 Å². The molecule has 0 saturated heterocycles. The van der Waals surface area contributed by atoms with E-state index in [1.54, 1.807) is 0 Å². The number of benzene rings is 2. The van der Waals surface area contributed by atoms with Crippen LogP contribution >= 0.6 is 12.6 Å². The van der Waals surface area contributed by atoms with Crippen molar-refractivity contribution in [3.05, 3.63) is 53.6 Å². The standard InChI is InChI=1S/C14H14S/c1-11-9-13-5-2-3-6-14(13)10-12(11)7-4-8-15/h2-7,9-10,15H,8H2,1H3. The molecule has 0 atom stereocenters. The fraction of sp³-hybridized carbons (Fsp3) is 0.143. The smallest absolute Gasteiger partial charge is 0.00858 e. The molecule has 1 heteroatoms. The molecule has 0 aliphatic heterocycles. The quantitative estimate of drug-likeness (QED) is 0.715. The first-order chi connectivity index (χ1) is 7.31. The highest BCUT2D eigenvalue weighted by atomic mass is 32.1. The van der Waals surface area contributed by atoms with Crippen LogP contribution in [0.4, 0.5) is 0 Å². The first-order valence-corrected chi connectivity index (χ1v) is 5.71. The molecule has 0 N–H and O–H groups in total. The SMILES string of the molecule is Cc1cc2ccccc2cc1C=CCS. The summed E-state index contributed by atoms with van der Waals surface area (Å²) in [5.41, 5.74) is 2.59. The molecule has 2 aromatic carbocycles. The summed E-state index contributed by atoms with van der Waals surface area (Å²) in [5, 5.41) is 2.60. The van der Waals surface area contributed by atoms with E-state index in [9.17, 15) is 0 Å². The Labute approximate surface area is 96.0 Å². The molecule has 0 radical (unpaired) electrons. The predicted octanol–water partition coefficient (Wildman–Crippen LogP) is 4.09. The third-order valence-electron chi connectivity index (χ3n) is 2.54. The molecule has 0 aliphatic carbocycles. The van der Waals surface area contributed by atoms with Crippen LogP contribution in [0.25, 0.3) is 16.8 Å². The average molecular weight is 214 g/mol. The zero-order chi connectivity index (χ0) is 10.7. The summed E-state index contributed by atoms with van der Waals surface area (Å²) < 4.78 is 0. The van der Waals surface area contributed by atoms with Crippen LogP contribution in [-0.2, 0) is 0 Å². The second-order valence-electron chi connectivity index (χ2n) is 3.64. The Balaban J connectivity index is 2.57. The van der Waals surface area contributed by atoms with Crippen molar-refractivity contribution in [2.45, 2.75) is 6.92 Å². The van der Waals surface area contributed by atoms with Gasteiger partial charge in [0.1, 0.15) is 0 Å². The second-order valence-corrected chi connectivity index (χ2v) is 4.01. The van der Waals surface area contributed by atoms with Crippen molar-refractivity contribution in [1.82, 2.24) is 0 Å². The molecule has 0 aromatic heterocycles. The van der Waals surface area contributed by atoms with E-state index in [0.717, 1.165) is 5.75 Å². The Hall–Kier alpha value is -1.21. The van der Waals surface area contributed by atoms with E-state index in [2.05, 4.69) is 68.1 Å². The van der Waals surface area contributed by atoms with Gasteiger partial charge in [-0.05, 0) is 34.9 Å². The normalized spacial score (nSPS) is 11.3. The van der Waals surface area contributed by atoms with Gasteiger partial charge in [0.25, 0.3) is 0 Å². The largest absolute Gasteiger partial charge is 0.175 e. The van der Waals surface area contributed by atoms with Gasteiger partial charge in [-0.2, -0.15) is 12.6 Å². The third kappa shape index (κ3) is 2.24. The number of thiol groups is 1. The minimum Gasteiger partial charge on any atom is -0.175 e. The van der Waals surface area contributed by atoms with Crippen LogP contribution in [0, 0.1) is 6.92 Å². The summed E-state index contributed by atoms with van der Waals surface area (Å²) in [6.45, 7) is 2.14. The maximum atomic E-state index is 4.17. The topological polar surface area (TPSA) is 0 Å². The van der Waals surface area contributed by atoms with Gasteiger partial charge in [-0.3, -0.25) is 0 Å². The van der Waals surface area contributed by atoms with E-state index in [0.29, 0.717) is 0 Å². The Morgan fingerprint density at radius 1 is 1.13 bits per heavy atom. The highest BCUT2D eigenvalue weighted by molar-refractivity contribution is 7.80. The molecule has 15 heavy (non-hydrogen) atoms. The molecule has 0 bridgehead atoms. The summed E-state index contributed by atoms with van der Waals surface area (Å²) in [6, 6.07) is 12.9. The molecule has 0 heterocycles. The monoisotopic (exact) mass is 214 g/mol. The van der Waals surface area contributed by atoms with Gasteiger partial charge in [0.2, 0.25) is 0 Å². The minimum atomic E-state index is 0.784. The number of rotatable bonds is 2. The summed E-state index contributed by atoms with van der Waals surface area (Å²) in [5.74, 6) is 0.784. The van der Waals surface area contributed by atoms with Crippen molar-refractivity contribution < 1.29 is 0 Å². The van der Waals surface area contributed by atoms with Crippen LogP contribution in [-0.4, -0.2) is 5.75 Å². The third-order valence-corrected chi connectivity index (χ3v) is 2.75. The van der Waals surface area contributed by atoms with E-state index in [1.807, 2.05) is 0 Å². The van der Waals surface area contributed by atoms with Crippen LogP contribution < -0.4 is 0 Å². The number of hydrogen-bond acceptors (Lipinski definition) is 1. The molecule has 0 spiro atoms. The minimum absolute atomic E-state index is 0.784. The Bertz CT molecular complexity index is 498. The number of aryl methyl sites for hydroxylation is 1. The van der Waals surface area contributed by atoms with Gasteiger partial charge < -0.3 is 0 Å². The summed E-state index contributed by atoms with van der Waals surface area (Å²) in [7, 11) is 0. The van der Waals surface area contributed by atoms with Crippen molar-refractivity contribution >= 4 is 29.5 Å². The molecule has 0 aliphatic rings. The number of hydrogen-bond donors (Lipinski definition) is 1. The molecule has 0 nitrogen and oxygen atoms in total. The molecule has 2 rings (SSSR count). The van der Waals surface area contributed by atoms with Crippen molar-refractivity contribution in [1.29, 1.82) is 0 Å². The van der Waals surface area contributed by atoms with Crippen molar-refractivity contribution in [2.24, 2.45) is 0 Å². The summed E-state index contributed by atoms with van der Waals surface area (Å²) >= 11 is 4.17. The van der Waals surface area contributed by atoms with Crippen molar-refractivity contribution in [2.75, 3.05) is 5.75 Å².